The fourth-order valence-electron chi connectivity index (χ4n) is 1.16. The molecule has 0 aliphatic heterocycles. The molecule has 0 spiro atoms. The molecule has 0 unspecified atom stereocenters. The lowest BCUT2D eigenvalue weighted by atomic mass is 10.2. The number of rotatable bonds is 4. The van der Waals surface area contributed by atoms with Gasteiger partial charge in [-0.2, -0.15) is 5.10 Å². The Morgan fingerprint density at radius 2 is 2.42 bits per heavy atom. The topological polar surface area (TPSA) is 58.3 Å². The van der Waals surface area contributed by atoms with Gasteiger partial charge in [0.2, 0.25) is 0 Å². The van der Waals surface area contributed by atoms with Gasteiger partial charge in [-0.3, -0.25) is 4.68 Å². The van der Waals surface area contributed by atoms with Gasteiger partial charge in [0.15, 0.2) is 0 Å². The Bertz CT molecular complexity index is 235. The summed E-state index contributed by atoms with van der Waals surface area (Å²) in [7, 11) is 0. The van der Waals surface area contributed by atoms with Crippen LogP contribution in [0.1, 0.15) is 25.1 Å². The number of nitrogens with zero attached hydrogens (tertiary/aromatic N) is 2. The second-order valence-electron chi connectivity index (χ2n) is 2.60. The van der Waals surface area contributed by atoms with Crippen molar-refractivity contribution < 1.29 is 10.2 Å². The minimum atomic E-state index is -0.600. The van der Waals surface area contributed by atoms with E-state index in [0.29, 0.717) is 6.42 Å². The van der Waals surface area contributed by atoms with E-state index in [-0.39, 0.29) is 6.61 Å². The first-order chi connectivity index (χ1) is 5.79. The van der Waals surface area contributed by atoms with Gasteiger partial charge >= 0.3 is 0 Å². The highest BCUT2D eigenvalue weighted by atomic mass is 16.3. The molecule has 68 valence electrons. The van der Waals surface area contributed by atoms with Gasteiger partial charge in [0, 0.05) is 25.8 Å². The zero-order chi connectivity index (χ0) is 8.97. The standard InChI is InChI=1S/C8H14N2O2/c1-2-10-7(3-5-9-10)8(12)4-6-11/h3,5,8,11-12H,2,4,6H2,1H3/t8-/m1/s1. The molecule has 0 fully saturated rings. The summed E-state index contributed by atoms with van der Waals surface area (Å²) in [6.45, 7) is 2.70. The summed E-state index contributed by atoms with van der Waals surface area (Å²) >= 11 is 0. The lowest BCUT2D eigenvalue weighted by Crippen LogP contribution is -2.08. The summed E-state index contributed by atoms with van der Waals surface area (Å²) in [5.41, 5.74) is 0.770. The monoisotopic (exact) mass is 170 g/mol. The molecule has 12 heavy (non-hydrogen) atoms. The van der Waals surface area contributed by atoms with Gasteiger partial charge in [-0.25, -0.2) is 0 Å². The number of aliphatic hydroxyl groups is 2. The van der Waals surface area contributed by atoms with Gasteiger partial charge in [0.05, 0.1) is 11.8 Å². The van der Waals surface area contributed by atoms with E-state index in [0.717, 1.165) is 12.2 Å². The van der Waals surface area contributed by atoms with Gasteiger partial charge < -0.3 is 10.2 Å². The quantitative estimate of drug-likeness (QED) is 0.684. The van der Waals surface area contributed by atoms with E-state index in [4.69, 9.17) is 5.11 Å². The molecule has 1 aromatic rings. The molecule has 1 aromatic heterocycles. The minimum absolute atomic E-state index is 0.00391. The molecule has 4 nitrogen and oxygen atoms in total. The van der Waals surface area contributed by atoms with E-state index in [1.807, 2.05) is 6.92 Å². The zero-order valence-corrected chi connectivity index (χ0v) is 7.14. The van der Waals surface area contributed by atoms with Crippen LogP contribution in [0.4, 0.5) is 0 Å². The normalized spacial score (nSPS) is 13.2. The Labute approximate surface area is 71.5 Å². The molecular weight excluding hydrogens is 156 g/mol. The maximum atomic E-state index is 9.50. The van der Waals surface area contributed by atoms with E-state index >= 15 is 0 Å². The van der Waals surface area contributed by atoms with Crippen LogP contribution in [0.3, 0.4) is 0 Å². The highest BCUT2D eigenvalue weighted by molar-refractivity contribution is 5.04. The van der Waals surface area contributed by atoms with Crippen molar-refractivity contribution >= 4 is 0 Å². The lowest BCUT2D eigenvalue weighted by Gasteiger charge is -2.10. The molecule has 0 aromatic carbocycles. The smallest absolute Gasteiger partial charge is 0.0978 e. The number of aromatic nitrogens is 2. The van der Waals surface area contributed by atoms with Gasteiger partial charge in [0.1, 0.15) is 0 Å². The van der Waals surface area contributed by atoms with Crippen molar-refractivity contribution in [2.75, 3.05) is 6.61 Å². The molecule has 0 saturated heterocycles. The molecule has 0 amide bonds. The molecule has 0 saturated carbocycles. The van der Waals surface area contributed by atoms with E-state index in [1.165, 1.54) is 0 Å². The Balaban J connectivity index is 2.71. The van der Waals surface area contributed by atoms with Crippen molar-refractivity contribution in [1.82, 2.24) is 9.78 Å². The van der Waals surface area contributed by atoms with Gasteiger partial charge in [0.25, 0.3) is 0 Å². The SMILES string of the molecule is CCn1nccc1[C@H](O)CCO. The van der Waals surface area contributed by atoms with Crippen molar-refractivity contribution in [2.45, 2.75) is 26.0 Å². The first-order valence-corrected chi connectivity index (χ1v) is 4.10. The van der Waals surface area contributed by atoms with Crippen LogP contribution >= 0.6 is 0 Å². The summed E-state index contributed by atoms with van der Waals surface area (Å²) in [6, 6.07) is 1.77. The highest BCUT2D eigenvalue weighted by Gasteiger charge is 2.10. The Morgan fingerprint density at radius 3 is 3.00 bits per heavy atom. The Kier molecular flexibility index (Phi) is 3.25. The summed E-state index contributed by atoms with van der Waals surface area (Å²) in [6.07, 6.45) is 1.42. The molecule has 2 N–H and O–H groups in total. The maximum Gasteiger partial charge on any atom is 0.0978 e. The summed E-state index contributed by atoms with van der Waals surface area (Å²) in [5, 5.41) is 22.1. The first kappa shape index (κ1) is 9.22. The molecule has 0 bridgehead atoms. The molecule has 1 heterocycles. The van der Waals surface area contributed by atoms with E-state index < -0.39 is 6.10 Å². The van der Waals surface area contributed by atoms with Crippen molar-refractivity contribution in [2.24, 2.45) is 0 Å². The third-order valence-electron chi connectivity index (χ3n) is 1.79. The molecule has 0 radical (unpaired) electrons. The molecular formula is C8H14N2O2. The average molecular weight is 170 g/mol. The Hall–Kier alpha value is -0.870. The van der Waals surface area contributed by atoms with Crippen molar-refractivity contribution in [3.63, 3.8) is 0 Å². The number of aliphatic hydroxyl groups excluding tert-OH is 2. The number of hydrogen-bond donors (Lipinski definition) is 2. The maximum absolute atomic E-state index is 9.50. The summed E-state index contributed by atoms with van der Waals surface area (Å²) in [5.74, 6) is 0. The third kappa shape index (κ3) is 1.84. The Morgan fingerprint density at radius 1 is 1.67 bits per heavy atom. The first-order valence-electron chi connectivity index (χ1n) is 4.10. The van der Waals surface area contributed by atoms with E-state index in [9.17, 15) is 5.11 Å². The van der Waals surface area contributed by atoms with Crippen LogP contribution in [0.25, 0.3) is 0 Å². The zero-order valence-electron chi connectivity index (χ0n) is 7.14. The van der Waals surface area contributed by atoms with Gasteiger partial charge in [-0.15, -0.1) is 0 Å². The minimum Gasteiger partial charge on any atom is -0.396 e. The van der Waals surface area contributed by atoms with Crippen LogP contribution in [0.2, 0.25) is 0 Å². The number of hydrogen-bond acceptors (Lipinski definition) is 3. The van der Waals surface area contributed by atoms with Crippen molar-refractivity contribution in [3.05, 3.63) is 18.0 Å². The van der Waals surface area contributed by atoms with Crippen LogP contribution in [0.5, 0.6) is 0 Å². The van der Waals surface area contributed by atoms with Crippen molar-refractivity contribution in [1.29, 1.82) is 0 Å². The van der Waals surface area contributed by atoms with Crippen LogP contribution in [-0.2, 0) is 6.54 Å². The molecule has 4 heteroatoms. The molecule has 1 rings (SSSR count). The second-order valence-corrected chi connectivity index (χ2v) is 2.60. The highest BCUT2D eigenvalue weighted by Crippen LogP contribution is 2.14. The second kappa shape index (κ2) is 4.23. The van der Waals surface area contributed by atoms with E-state index in [1.54, 1.807) is 16.9 Å². The van der Waals surface area contributed by atoms with Crippen molar-refractivity contribution in [3.8, 4) is 0 Å². The fourth-order valence-corrected chi connectivity index (χ4v) is 1.16. The predicted octanol–water partition coefficient (Wildman–Crippen LogP) is 0.319. The summed E-state index contributed by atoms with van der Waals surface area (Å²) in [4.78, 5) is 0. The van der Waals surface area contributed by atoms with E-state index in [2.05, 4.69) is 5.10 Å². The third-order valence-corrected chi connectivity index (χ3v) is 1.79. The van der Waals surface area contributed by atoms with Gasteiger partial charge in [-0.05, 0) is 13.0 Å². The van der Waals surface area contributed by atoms with Gasteiger partial charge in [-0.1, -0.05) is 0 Å². The predicted molar refractivity (Wildman–Crippen MR) is 44.6 cm³/mol. The van der Waals surface area contributed by atoms with Crippen LogP contribution in [0.15, 0.2) is 12.3 Å². The largest absolute Gasteiger partial charge is 0.396 e. The van der Waals surface area contributed by atoms with Crippen LogP contribution in [0, 0.1) is 0 Å². The average Bonchev–Trinajstić information content (AvgIpc) is 2.51. The van der Waals surface area contributed by atoms with Crippen LogP contribution < -0.4 is 0 Å². The fraction of sp³-hybridized carbons (Fsp3) is 0.625. The molecule has 1 atom stereocenters. The molecule has 0 aliphatic carbocycles. The number of aryl methyl sites for hydroxylation is 1. The molecule has 0 aliphatic rings. The van der Waals surface area contributed by atoms with Crippen LogP contribution in [-0.4, -0.2) is 26.6 Å². The summed E-state index contributed by atoms with van der Waals surface area (Å²) < 4.78 is 1.72. The lowest BCUT2D eigenvalue weighted by molar-refractivity contribution is 0.126.